The zero-order valence-electron chi connectivity index (χ0n) is 18.5. The van der Waals surface area contributed by atoms with Gasteiger partial charge in [0.1, 0.15) is 18.5 Å². The van der Waals surface area contributed by atoms with Crippen molar-refractivity contribution < 1.29 is 33.3 Å². The normalized spacial score (nSPS) is 14.1. The van der Waals surface area contributed by atoms with Gasteiger partial charge in [-0.05, 0) is 34.7 Å². The number of carbonyl (C=O) groups excluding carboxylic acids is 1. The zero-order valence-corrected chi connectivity index (χ0v) is 18.5. The number of aliphatic hydroxyl groups excluding tert-OH is 2. The molecule has 1 aliphatic carbocycles. The molecule has 0 radical (unpaired) electrons. The van der Waals surface area contributed by atoms with Crippen LogP contribution in [0.4, 0.5) is 13.6 Å². The van der Waals surface area contributed by atoms with E-state index in [-0.39, 0.29) is 36.8 Å². The minimum atomic E-state index is -1.61. The first-order valence-electron chi connectivity index (χ1n) is 10.9. The third-order valence-corrected chi connectivity index (χ3v) is 5.98. The third kappa shape index (κ3) is 4.73. The van der Waals surface area contributed by atoms with Crippen molar-refractivity contribution in [2.75, 3.05) is 20.3 Å². The number of ether oxygens (including phenoxy) is 2. The van der Waals surface area contributed by atoms with Gasteiger partial charge in [0.05, 0.1) is 13.2 Å². The Balaban J connectivity index is 1.31. The SMILES string of the molecule is COc1c(F)cc(F)cc1C(O)C(O)CCNC(=O)OCC1c2ccccc2-c2ccccc21. The van der Waals surface area contributed by atoms with E-state index < -0.39 is 29.9 Å². The first-order valence-corrected chi connectivity index (χ1v) is 10.9. The molecule has 178 valence electrons. The summed E-state index contributed by atoms with van der Waals surface area (Å²) in [6.45, 7) is 0.125. The van der Waals surface area contributed by atoms with Crippen LogP contribution in [0.2, 0.25) is 0 Å². The number of methoxy groups -OCH3 is 1. The molecule has 0 aromatic heterocycles. The topological polar surface area (TPSA) is 88.0 Å². The summed E-state index contributed by atoms with van der Waals surface area (Å²) in [5.74, 6) is -2.32. The average Bonchev–Trinajstić information content (AvgIpc) is 3.15. The summed E-state index contributed by atoms with van der Waals surface area (Å²) >= 11 is 0. The summed E-state index contributed by atoms with van der Waals surface area (Å²) in [4.78, 5) is 12.2. The van der Waals surface area contributed by atoms with Crippen LogP contribution in [0.3, 0.4) is 0 Å². The van der Waals surface area contributed by atoms with Crippen molar-refractivity contribution in [3.63, 3.8) is 0 Å². The van der Waals surface area contributed by atoms with Crippen molar-refractivity contribution in [3.8, 4) is 16.9 Å². The number of hydrogen-bond acceptors (Lipinski definition) is 5. The second-order valence-electron chi connectivity index (χ2n) is 8.06. The van der Waals surface area contributed by atoms with Crippen molar-refractivity contribution in [1.29, 1.82) is 0 Å². The second-order valence-corrected chi connectivity index (χ2v) is 8.06. The molecule has 1 aliphatic rings. The Morgan fingerprint density at radius 3 is 2.26 bits per heavy atom. The average molecular weight is 469 g/mol. The van der Waals surface area contributed by atoms with Crippen LogP contribution in [-0.2, 0) is 4.74 Å². The van der Waals surface area contributed by atoms with E-state index in [0.29, 0.717) is 6.07 Å². The maximum absolute atomic E-state index is 13.9. The van der Waals surface area contributed by atoms with Crippen molar-refractivity contribution in [2.45, 2.75) is 24.5 Å². The van der Waals surface area contributed by atoms with E-state index in [0.717, 1.165) is 28.3 Å². The number of alkyl carbamates (subject to hydrolysis) is 1. The molecule has 3 N–H and O–H groups in total. The van der Waals surface area contributed by atoms with E-state index in [1.807, 2.05) is 48.5 Å². The van der Waals surface area contributed by atoms with Crippen LogP contribution in [-0.4, -0.2) is 42.7 Å². The van der Waals surface area contributed by atoms with Crippen LogP contribution in [0.1, 0.15) is 35.1 Å². The molecule has 3 aromatic rings. The maximum atomic E-state index is 13.9. The van der Waals surface area contributed by atoms with Crippen LogP contribution in [0.15, 0.2) is 60.7 Å². The van der Waals surface area contributed by atoms with Gasteiger partial charge in [0.25, 0.3) is 0 Å². The van der Waals surface area contributed by atoms with E-state index in [1.54, 1.807) is 0 Å². The lowest BCUT2D eigenvalue weighted by Gasteiger charge is -2.21. The summed E-state index contributed by atoms with van der Waals surface area (Å²) in [6.07, 6.45) is -3.75. The minimum absolute atomic E-state index is 0.0188. The Labute approximate surface area is 195 Å². The molecule has 0 fully saturated rings. The van der Waals surface area contributed by atoms with Gasteiger partial charge in [0.15, 0.2) is 11.6 Å². The van der Waals surface area contributed by atoms with Gasteiger partial charge in [-0.25, -0.2) is 13.6 Å². The Bertz CT molecular complexity index is 1140. The maximum Gasteiger partial charge on any atom is 0.407 e. The van der Waals surface area contributed by atoms with Gasteiger partial charge in [-0.1, -0.05) is 48.5 Å². The molecule has 0 spiro atoms. The molecule has 8 heteroatoms. The Morgan fingerprint density at radius 2 is 1.65 bits per heavy atom. The standard InChI is InChI=1S/C26H25F2NO5/c1-33-25-20(12-15(27)13-22(25)28)24(31)23(30)10-11-29-26(32)34-14-21-18-8-4-2-6-16(18)17-7-3-5-9-19(17)21/h2-9,12-13,21,23-24,30-31H,10-11,14H2,1H3,(H,29,32). The highest BCUT2D eigenvalue weighted by molar-refractivity contribution is 5.79. The molecule has 3 aromatic carbocycles. The molecular weight excluding hydrogens is 444 g/mol. The zero-order chi connectivity index (χ0) is 24.2. The van der Waals surface area contributed by atoms with Crippen LogP contribution in [0.5, 0.6) is 5.75 Å². The Hall–Kier alpha value is -3.49. The summed E-state index contributed by atoms with van der Waals surface area (Å²) in [5, 5.41) is 23.1. The molecule has 2 atom stereocenters. The van der Waals surface area contributed by atoms with Gasteiger partial charge in [-0.2, -0.15) is 0 Å². The van der Waals surface area contributed by atoms with Crippen molar-refractivity contribution in [2.24, 2.45) is 0 Å². The largest absolute Gasteiger partial charge is 0.493 e. The van der Waals surface area contributed by atoms with Crippen molar-refractivity contribution >= 4 is 6.09 Å². The summed E-state index contributed by atoms with van der Waals surface area (Å²) in [5.41, 5.74) is 4.20. The van der Waals surface area contributed by atoms with Gasteiger partial charge >= 0.3 is 6.09 Å². The number of halogens is 2. The predicted molar refractivity (Wildman–Crippen MR) is 122 cm³/mol. The fraction of sp³-hybridized carbons (Fsp3) is 0.269. The molecule has 0 saturated heterocycles. The highest BCUT2D eigenvalue weighted by atomic mass is 19.1. The number of benzene rings is 3. The first kappa shape index (κ1) is 23.7. The molecule has 0 bridgehead atoms. The number of carbonyl (C=O) groups is 1. The molecule has 6 nitrogen and oxygen atoms in total. The summed E-state index contributed by atoms with van der Waals surface area (Å²) in [6, 6.07) is 17.5. The molecule has 0 saturated carbocycles. The predicted octanol–water partition coefficient (Wildman–Crippen LogP) is 4.30. The monoisotopic (exact) mass is 469 g/mol. The lowest BCUT2D eigenvalue weighted by Crippen LogP contribution is -2.30. The second kappa shape index (κ2) is 10.2. The van der Waals surface area contributed by atoms with Crippen LogP contribution < -0.4 is 10.1 Å². The smallest absolute Gasteiger partial charge is 0.407 e. The molecule has 2 unspecified atom stereocenters. The highest BCUT2D eigenvalue weighted by Gasteiger charge is 2.29. The molecular formula is C26H25F2NO5. The van der Waals surface area contributed by atoms with Crippen LogP contribution in [0, 0.1) is 11.6 Å². The minimum Gasteiger partial charge on any atom is -0.493 e. The molecule has 4 rings (SSSR count). The molecule has 0 heterocycles. The van der Waals surface area contributed by atoms with Crippen molar-refractivity contribution in [3.05, 3.63) is 89.0 Å². The molecule has 1 amide bonds. The van der Waals surface area contributed by atoms with Gasteiger partial charge in [-0.3, -0.25) is 0 Å². The van der Waals surface area contributed by atoms with E-state index in [4.69, 9.17) is 9.47 Å². The Kier molecular flexibility index (Phi) is 7.09. The molecule has 0 aliphatic heterocycles. The number of fused-ring (bicyclic) bond motifs is 3. The number of hydrogen-bond donors (Lipinski definition) is 3. The summed E-state index contributed by atoms with van der Waals surface area (Å²) in [7, 11) is 1.18. The fourth-order valence-electron chi connectivity index (χ4n) is 4.35. The third-order valence-electron chi connectivity index (χ3n) is 5.98. The van der Waals surface area contributed by atoms with Gasteiger partial charge < -0.3 is 25.0 Å². The number of aliphatic hydroxyl groups is 2. The van der Waals surface area contributed by atoms with Crippen molar-refractivity contribution in [1.82, 2.24) is 5.32 Å². The molecule has 34 heavy (non-hydrogen) atoms. The summed E-state index contributed by atoms with van der Waals surface area (Å²) < 4.78 is 37.7. The lowest BCUT2D eigenvalue weighted by molar-refractivity contribution is 0.0119. The van der Waals surface area contributed by atoms with Gasteiger partial charge in [0.2, 0.25) is 0 Å². The quantitative estimate of drug-likeness (QED) is 0.458. The van der Waals surface area contributed by atoms with E-state index in [2.05, 4.69) is 5.32 Å². The first-order chi connectivity index (χ1) is 16.4. The van der Waals surface area contributed by atoms with Gasteiger partial charge in [0, 0.05) is 24.1 Å². The van der Waals surface area contributed by atoms with Crippen LogP contribution >= 0.6 is 0 Å². The lowest BCUT2D eigenvalue weighted by atomic mass is 9.98. The highest BCUT2D eigenvalue weighted by Crippen LogP contribution is 2.44. The fourth-order valence-corrected chi connectivity index (χ4v) is 4.35. The number of amides is 1. The Morgan fingerprint density at radius 1 is 1.03 bits per heavy atom. The number of rotatable bonds is 8. The van der Waals surface area contributed by atoms with Crippen LogP contribution in [0.25, 0.3) is 11.1 Å². The number of nitrogens with one attached hydrogen (secondary N) is 1. The van der Waals surface area contributed by atoms with E-state index >= 15 is 0 Å². The van der Waals surface area contributed by atoms with E-state index in [9.17, 15) is 23.8 Å². The van der Waals surface area contributed by atoms with Gasteiger partial charge in [-0.15, -0.1) is 0 Å². The van der Waals surface area contributed by atoms with E-state index in [1.165, 1.54) is 7.11 Å².